The molecule has 0 saturated carbocycles. The maximum Gasteiger partial charge on any atom is 0.573 e. The Hall–Kier alpha value is -2.76. The Balaban J connectivity index is 2.31. The Morgan fingerprint density at radius 1 is 1.19 bits per heavy atom. The molecule has 0 radical (unpaired) electrons. The molecule has 13 heteroatoms. The molecule has 6 nitrogen and oxygen atoms in total. The van der Waals surface area contributed by atoms with Crippen LogP contribution in [0.4, 0.5) is 38.0 Å². The number of benzene rings is 1. The van der Waals surface area contributed by atoms with Crippen molar-refractivity contribution in [3.63, 3.8) is 0 Å². The molecule has 1 aromatic carbocycles. The van der Waals surface area contributed by atoms with Crippen molar-refractivity contribution in [2.24, 2.45) is 0 Å². The summed E-state index contributed by atoms with van der Waals surface area (Å²) < 4.78 is 78.7. The molecule has 2 rings (SSSR count). The molecule has 0 spiro atoms. The number of nitrogens with one attached hydrogen (secondary N) is 1. The van der Waals surface area contributed by atoms with E-state index in [9.17, 15) is 31.1 Å². The van der Waals surface area contributed by atoms with Crippen molar-refractivity contribution in [3.8, 4) is 5.75 Å². The predicted molar refractivity (Wildman–Crippen MR) is 75.4 cm³/mol. The van der Waals surface area contributed by atoms with Gasteiger partial charge in [0.1, 0.15) is 11.3 Å². The number of anilines is 2. The van der Waals surface area contributed by atoms with Crippen LogP contribution in [0.2, 0.25) is 5.02 Å². The summed E-state index contributed by atoms with van der Waals surface area (Å²) in [6.45, 7) is 0. The van der Waals surface area contributed by atoms with E-state index in [1.54, 1.807) is 0 Å². The van der Waals surface area contributed by atoms with Crippen LogP contribution in [-0.2, 0) is 6.18 Å². The van der Waals surface area contributed by atoms with Crippen molar-refractivity contribution in [3.05, 3.63) is 40.7 Å². The minimum Gasteiger partial charge on any atom is -0.478 e. The summed E-state index contributed by atoms with van der Waals surface area (Å²) in [6, 6.07) is 2.79. The summed E-state index contributed by atoms with van der Waals surface area (Å²) >= 11 is 5.61. The minimum absolute atomic E-state index is 0.0549. The van der Waals surface area contributed by atoms with Gasteiger partial charge in [0.05, 0.1) is 5.02 Å². The van der Waals surface area contributed by atoms with Gasteiger partial charge in [0.15, 0.2) is 5.69 Å². The molecule has 0 aliphatic rings. The first-order chi connectivity index (χ1) is 11.9. The van der Waals surface area contributed by atoms with Gasteiger partial charge in [0.25, 0.3) is 0 Å². The lowest BCUT2D eigenvalue weighted by Gasteiger charge is -2.13. The van der Waals surface area contributed by atoms with E-state index in [2.05, 4.69) is 20.0 Å². The van der Waals surface area contributed by atoms with Crippen molar-refractivity contribution in [1.82, 2.24) is 9.97 Å². The molecular weight excluding hydrogens is 396 g/mol. The van der Waals surface area contributed by atoms with E-state index in [-0.39, 0.29) is 5.69 Å². The molecule has 0 bridgehead atoms. The molecule has 0 aliphatic heterocycles. The van der Waals surface area contributed by atoms with Crippen molar-refractivity contribution in [2.45, 2.75) is 12.5 Å². The van der Waals surface area contributed by atoms with E-state index < -0.39 is 46.5 Å². The Bertz CT molecular complexity index is 841. The molecule has 140 valence electrons. The monoisotopic (exact) mass is 401 g/mol. The number of nitrogens with zero attached hydrogens (tertiary/aromatic N) is 2. The number of hydrogen-bond donors (Lipinski definition) is 2. The number of ether oxygens (including phenoxy) is 1. The smallest absolute Gasteiger partial charge is 0.478 e. The third kappa shape index (κ3) is 4.88. The maximum absolute atomic E-state index is 12.9. The SMILES string of the molecule is O=C(O)c1cnc(Nc2ccc(OC(F)(F)F)c(Cl)c2)nc1C(F)(F)F. The largest absolute Gasteiger partial charge is 0.573 e. The lowest BCUT2D eigenvalue weighted by Crippen LogP contribution is -2.17. The van der Waals surface area contributed by atoms with Crippen LogP contribution >= 0.6 is 11.6 Å². The lowest BCUT2D eigenvalue weighted by atomic mass is 10.2. The number of carboxylic acids is 1. The van der Waals surface area contributed by atoms with Gasteiger partial charge >= 0.3 is 18.5 Å². The average Bonchev–Trinajstić information content (AvgIpc) is 2.48. The summed E-state index contributed by atoms with van der Waals surface area (Å²) in [7, 11) is 0. The fourth-order valence-electron chi connectivity index (χ4n) is 1.73. The van der Waals surface area contributed by atoms with Crippen LogP contribution in [0.1, 0.15) is 16.1 Å². The van der Waals surface area contributed by atoms with E-state index >= 15 is 0 Å². The average molecular weight is 402 g/mol. The van der Waals surface area contributed by atoms with Crippen LogP contribution < -0.4 is 10.1 Å². The van der Waals surface area contributed by atoms with Crippen LogP contribution in [0.3, 0.4) is 0 Å². The first-order valence-corrected chi connectivity index (χ1v) is 6.74. The highest BCUT2D eigenvalue weighted by atomic mass is 35.5. The van der Waals surface area contributed by atoms with Crippen LogP contribution in [0.5, 0.6) is 5.75 Å². The standard InChI is InChI=1S/C13H6ClF6N3O3/c14-7-3-5(1-2-8(7)26-13(18,19)20)22-11-21-4-6(10(24)25)9(23-11)12(15,16)17/h1-4H,(H,24,25)(H,21,22,23). The second-order valence-corrected chi connectivity index (χ2v) is 4.98. The molecule has 2 aromatic rings. The number of carboxylic acid groups (broad SMARTS) is 1. The van der Waals surface area contributed by atoms with Crippen LogP contribution in [0, 0.1) is 0 Å². The molecule has 0 aliphatic carbocycles. The maximum atomic E-state index is 12.9. The highest BCUT2D eigenvalue weighted by Gasteiger charge is 2.38. The zero-order valence-corrected chi connectivity index (χ0v) is 12.9. The third-order valence-corrected chi connectivity index (χ3v) is 3.00. The predicted octanol–water partition coefficient (Wildman–Crippen LogP) is 4.49. The number of aromatic nitrogens is 2. The molecular formula is C13H6ClF6N3O3. The van der Waals surface area contributed by atoms with Gasteiger partial charge in [-0.05, 0) is 18.2 Å². The number of aromatic carboxylic acids is 1. The van der Waals surface area contributed by atoms with E-state index in [0.29, 0.717) is 6.20 Å². The first kappa shape index (κ1) is 19.6. The van der Waals surface area contributed by atoms with E-state index in [0.717, 1.165) is 18.2 Å². The summed E-state index contributed by atoms with van der Waals surface area (Å²) in [6.07, 6.45) is -9.59. The van der Waals surface area contributed by atoms with Crippen LogP contribution in [0.15, 0.2) is 24.4 Å². The quantitative estimate of drug-likeness (QED) is 0.734. The van der Waals surface area contributed by atoms with Gasteiger partial charge in [0.2, 0.25) is 5.95 Å². The van der Waals surface area contributed by atoms with Gasteiger partial charge in [-0.1, -0.05) is 11.6 Å². The molecule has 1 aromatic heterocycles. The molecule has 1 heterocycles. The number of rotatable bonds is 4. The zero-order valence-electron chi connectivity index (χ0n) is 12.1. The van der Waals surface area contributed by atoms with Crippen molar-refractivity contribution < 1.29 is 41.0 Å². The second-order valence-electron chi connectivity index (χ2n) is 4.58. The third-order valence-electron chi connectivity index (χ3n) is 2.70. The van der Waals surface area contributed by atoms with E-state index in [1.807, 2.05) is 0 Å². The molecule has 0 atom stereocenters. The number of alkyl halides is 6. The Morgan fingerprint density at radius 3 is 2.35 bits per heavy atom. The summed E-state index contributed by atoms with van der Waals surface area (Å²) in [5.74, 6) is -3.23. The molecule has 26 heavy (non-hydrogen) atoms. The summed E-state index contributed by atoms with van der Waals surface area (Å²) in [5.41, 5.74) is -2.90. The van der Waals surface area contributed by atoms with Crippen LogP contribution in [-0.4, -0.2) is 27.4 Å². The number of halogens is 7. The van der Waals surface area contributed by atoms with Gasteiger partial charge < -0.3 is 15.2 Å². The molecule has 2 N–H and O–H groups in total. The highest BCUT2D eigenvalue weighted by molar-refractivity contribution is 6.32. The lowest BCUT2D eigenvalue weighted by molar-refractivity contribution is -0.274. The number of carbonyl (C=O) groups is 1. The molecule has 0 saturated heterocycles. The molecule has 0 amide bonds. The van der Waals surface area contributed by atoms with Gasteiger partial charge in [0, 0.05) is 11.9 Å². The molecule has 0 fully saturated rings. The van der Waals surface area contributed by atoms with Crippen LogP contribution in [0.25, 0.3) is 0 Å². The van der Waals surface area contributed by atoms with Gasteiger partial charge in [-0.3, -0.25) is 0 Å². The Morgan fingerprint density at radius 2 is 1.85 bits per heavy atom. The van der Waals surface area contributed by atoms with Gasteiger partial charge in [-0.15, -0.1) is 13.2 Å². The molecule has 0 unspecified atom stereocenters. The normalized spacial score (nSPS) is 12.0. The zero-order chi connectivity index (χ0) is 19.7. The summed E-state index contributed by atoms with van der Waals surface area (Å²) in [4.78, 5) is 17.3. The number of hydrogen-bond acceptors (Lipinski definition) is 5. The fraction of sp³-hybridized carbons (Fsp3) is 0.154. The summed E-state index contributed by atoms with van der Waals surface area (Å²) in [5, 5.41) is 10.5. The Labute approximate surface area is 145 Å². The van der Waals surface area contributed by atoms with E-state index in [1.165, 1.54) is 0 Å². The van der Waals surface area contributed by atoms with Gasteiger partial charge in [-0.2, -0.15) is 13.2 Å². The first-order valence-electron chi connectivity index (χ1n) is 6.36. The van der Waals surface area contributed by atoms with Gasteiger partial charge in [-0.25, -0.2) is 14.8 Å². The minimum atomic E-state index is -5.06. The second kappa shape index (κ2) is 6.86. The highest BCUT2D eigenvalue weighted by Crippen LogP contribution is 2.34. The van der Waals surface area contributed by atoms with E-state index in [4.69, 9.17) is 16.7 Å². The topological polar surface area (TPSA) is 84.3 Å². The van der Waals surface area contributed by atoms with Crippen molar-refractivity contribution in [2.75, 3.05) is 5.32 Å². The van der Waals surface area contributed by atoms with Crippen molar-refractivity contribution in [1.29, 1.82) is 0 Å². The van der Waals surface area contributed by atoms with Crippen molar-refractivity contribution >= 4 is 29.2 Å². The Kier molecular flexibility index (Phi) is 5.16. The fourth-order valence-corrected chi connectivity index (χ4v) is 1.95.